The maximum Gasteiger partial charge on any atom is 0.251 e. The molecule has 3 N–H and O–H groups in total. The Morgan fingerprint density at radius 1 is 1.13 bits per heavy atom. The zero-order valence-corrected chi connectivity index (χ0v) is 18.7. The van der Waals surface area contributed by atoms with Crippen LogP contribution in [-0.2, 0) is 14.8 Å². The third-order valence-corrected chi connectivity index (χ3v) is 6.45. The van der Waals surface area contributed by atoms with Gasteiger partial charge in [0, 0.05) is 34.7 Å². The Kier molecular flexibility index (Phi) is 7.11. The predicted molar refractivity (Wildman–Crippen MR) is 116 cm³/mol. The van der Waals surface area contributed by atoms with E-state index in [4.69, 9.17) is 4.74 Å². The molecule has 0 atom stereocenters. The summed E-state index contributed by atoms with van der Waals surface area (Å²) >= 11 is 3.32. The molecule has 2 aromatic carbocycles. The first-order valence-corrected chi connectivity index (χ1v) is 11.6. The van der Waals surface area contributed by atoms with Crippen LogP contribution in [0.4, 0.5) is 5.69 Å². The van der Waals surface area contributed by atoms with Crippen molar-refractivity contribution in [3.05, 3.63) is 52.5 Å². The van der Waals surface area contributed by atoms with Crippen LogP contribution in [0.15, 0.2) is 51.8 Å². The second kappa shape index (κ2) is 9.59. The van der Waals surface area contributed by atoms with Crippen molar-refractivity contribution in [1.82, 2.24) is 10.0 Å². The van der Waals surface area contributed by atoms with E-state index in [2.05, 4.69) is 31.3 Å². The number of nitrogens with one attached hydrogen (secondary N) is 3. The van der Waals surface area contributed by atoms with Crippen molar-refractivity contribution in [2.75, 3.05) is 19.0 Å². The standard InChI is InChI=1S/C20H22BrN3O5S/c1-29-17-9-2-13(12-18(17)30(27,28)24-16-7-8-16)20(26)22-11-10-19(25)23-15-5-3-14(21)4-6-15/h2-6,9,12,16,24H,7-8,10-11H2,1H3,(H,22,26)(H,23,25). The smallest absolute Gasteiger partial charge is 0.251 e. The predicted octanol–water partition coefficient (Wildman–Crippen LogP) is 2.66. The highest BCUT2D eigenvalue weighted by Gasteiger charge is 2.30. The molecule has 8 nitrogen and oxygen atoms in total. The molecule has 0 unspecified atom stereocenters. The van der Waals surface area contributed by atoms with Crippen molar-refractivity contribution in [2.24, 2.45) is 0 Å². The van der Waals surface area contributed by atoms with E-state index in [9.17, 15) is 18.0 Å². The molecule has 1 fully saturated rings. The number of carbonyl (C=O) groups excluding carboxylic acids is 2. The molecule has 10 heteroatoms. The number of hydrogen-bond acceptors (Lipinski definition) is 5. The Hall–Kier alpha value is -2.43. The average Bonchev–Trinajstić information content (AvgIpc) is 3.52. The third kappa shape index (κ3) is 6.04. The van der Waals surface area contributed by atoms with E-state index in [0.29, 0.717) is 5.69 Å². The van der Waals surface area contributed by atoms with E-state index >= 15 is 0 Å². The van der Waals surface area contributed by atoms with Gasteiger partial charge in [-0.2, -0.15) is 0 Å². The van der Waals surface area contributed by atoms with Gasteiger partial charge in [-0.3, -0.25) is 9.59 Å². The SMILES string of the molecule is COc1ccc(C(=O)NCCC(=O)Nc2ccc(Br)cc2)cc1S(=O)(=O)NC1CC1. The highest BCUT2D eigenvalue weighted by molar-refractivity contribution is 9.10. The molecule has 0 radical (unpaired) electrons. The molecule has 30 heavy (non-hydrogen) atoms. The van der Waals surface area contributed by atoms with Crippen molar-refractivity contribution >= 4 is 43.5 Å². The fourth-order valence-electron chi connectivity index (χ4n) is 2.66. The normalized spacial score (nSPS) is 13.5. The maximum absolute atomic E-state index is 12.6. The van der Waals surface area contributed by atoms with Gasteiger partial charge < -0.3 is 15.4 Å². The van der Waals surface area contributed by atoms with E-state index in [1.807, 2.05) is 12.1 Å². The van der Waals surface area contributed by atoms with Crippen LogP contribution in [-0.4, -0.2) is 39.9 Å². The summed E-state index contributed by atoms with van der Waals surface area (Å²) in [6.07, 6.45) is 1.67. The van der Waals surface area contributed by atoms with Gasteiger partial charge in [-0.15, -0.1) is 0 Å². The van der Waals surface area contributed by atoms with E-state index in [0.717, 1.165) is 17.3 Å². The van der Waals surface area contributed by atoms with Crippen molar-refractivity contribution in [2.45, 2.75) is 30.2 Å². The van der Waals surface area contributed by atoms with Crippen LogP contribution >= 0.6 is 15.9 Å². The number of anilines is 1. The summed E-state index contributed by atoms with van der Waals surface area (Å²) in [6.45, 7) is 0.107. The van der Waals surface area contributed by atoms with Crippen molar-refractivity contribution in [3.63, 3.8) is 0 Å². The van der Waals surface area contributed by atoms with Gasteiger partial charge in [0.25, 0.3) is 5.91 Å². The van der Waals surface area contributed by atoms with E-state index in [-0.39, 0.29) is 41.1 Å². The molecule has 0 heterocycles. The Bertz CT molecular complexity index is 1040. The summed E-state index contributed by atoms with van der Waals surface area (Å²) in [5.74, 6) is -0.560. The van der Waals surface area contributed by atoms with Gasteiger partial charge in [0.05, 0.1) is 7.11 Å². The molecule has 0 bridgehead atoms. The molecule has 0 saturated heterocycles. The lowest BCUT2D eigenvalue weighted by atomic mass is 10.2. The first-order chi connectivity index (χ1) is 14.3. The number of benzene rings is 2. The van der Waals surface area contributed by atoms with Crippen LogP contribution in [0.25, 0.3) is 0 Å². The quantitative estimate of drug-likeness (QED) is 0.494. The summed E-state index contributed by atoms with van der Waals surface area (Å²) in [5, 5.41) is 5.37. The number of amides is 2. The van der Waals surface area contributed by atoms with Gasteiger partial charge in [-0.25, -0.2) is 13.1 Å². The Morgan fingerprint density at radius 3 is 2.47 bits per heavy atom. The van der Waals surface area contributed by atoms with Gasteiger partial charge in [0.15, 0.2) is 0 Å². The van der Waals surface area contributed by atoms with Gasteiger partial charge in [-0.1, -0.05) is 15.9 Å². The van der Waals surface area contributed by atoms with E-state index < -0.39 is 15.9 Å². The van der Waals surface area contributed by atoms with Crippen molar-refractivity contribution in [3.8, 4) is 5.75 Å². The largest absolute Gasteiger partial charge is 0.495 e. The van der Waals surface area contributed by atoms with Crippen LogP contribution in [0, 0.1) is 0 Å². The maximum atomic E-state index is 12.6. The van der Waals surface area contributed by atoms with Crippen LogP contribution < -0.4 is 20.1 Å². The lowest BCUT2D eigenvalue weighted by Crippen LogP contribution is -2.29. The van der Waals surface area contributed by atoms with E-state index in [1.54, 1.807) is 12.1 Å². The number of sulfonamides is 1. The molecule has 2 aromatic rings. The van der Waals surface area contributed by atoms with Crippen molar-refractivity contribution in [1.29, 1.82) is 0 Å². The van der Waals surface area contributed by atoms with Gasteiger partial charge in [-0.05, 0) is 55.3 Å². The van der Waals surface area contributed by atoms with Gasteiger partial charge in [0.2, 0.25) is 15.9 Å². The number of halogens is 1. The zero-order valence-electron chi connectivity index (χ0n) is 16.3. The minimum Gasteiger partial charge on any atom is -0.495 e. The third-order valence-electron chi connectivity index (χ3n) is 4.38. The number of rotatable bonds is 9. The van der Waals surface area contributed by atoms with Crippen LogP contribution in [0.5, 0.6) is 5.75 Å². The Balaban J connectivity index is 1.59. The molecule has 0 aliphatic heterocycles. The number of ether oxygens (including phenoxy) is 1. The molecule has 0 spiro atoms. The summed E-state index contributed by atoms with van der Waals surface area (Å²) < 4.78 is 33.7. The minimum atomic E-state index is -3.79. The molecule has 1 aliphatic rings. The second-order valence-electron chi connectivity index (χ2n) is 6.82. The molecular formula is C20H22BrN3O5S. The molecule has 2 amide bonds. The summed E-state index contributed by atoms with van der Waals surface area (Å²) in [7, 11) is -2.42. The minimum absolute atomic E-state index is 0.0681. The monoisotopic (exact) mass is 495 g/mol. The number of carbonyl (C=O) groups is 2. The van der Waals surface area contributed by atoms with Crippen molar-refractivity contribution < 1.29 is 22.7 Å². The van der Waals surface area contributed by atoms with Crippen LogP contribution in [0.2, 0.25) is 0 Å². The summed E-state index contributed by atoms with van der Waals surface area (Å²) in [5.41, 5.74) is 0.822. The molecule has 1 saturated carbocycles. The van der Waals surface area contributed by atoms with E-state index in [1.165, 1.54) is 25.3 Å². The highest BCUT2D eigenvalue weighted by Crippen LogP contribution is 2.28. The topological polar surface area (TPSA) is 114 Å². The number of methoxy groups -OCH3 is 1. The second-order valence-corrected chi connectivity index (χ2v) is 9.42. The number of hydrogen-bond donors (Lipinski definition) is 3. The lowest BCUT2D eigenvalue weighted by molar-refractivity contribution is -0.116. The average molecular weight is 496 g/mol. The molecule has 160 valence electrons. The van der Waals surface area contributed by atoms with Gasteiger partial charge >= 0.3 is 0 Å². The summed E-state index contributed by atoms with van der Waals surface area (Å²) in [6, 6.07) is 11.3. The Morgan fingerprint density at radius 2 is 1.83 bits per heavy atom. The Labute approximate surface area is 183 Å². The zero-order chi connectivity index (χ0) is 21.7. The highest BCUT2D eigenvalue weighted by atomic mass is 79.9. The molecular weight excluding hydrogens is 474 g/mol. The first kappa shape index (κ1) is 22.3. The van der Waals surface area contributed by atoms with Crippen LogP contribution in [0.3, 0.4) is 0 Å². The fourth-order valence-corrected chi connectivity index (χ4v) is 4.42. The first-order valence-electron chi connectivity index (χ1n) is 9.32. The molecule has 1 aliphatic carbocycles. The fraction of sp³-hybridized carbons (Fsp3) is 0.300. The molecule has 3 rings (SSSR count). The summed E-state index contributed by atoms with van der Waals surface area (Å²) in [4.78, 5) is 24.4. The van der Waals surface area contributed by atoms with Crippen LogP contribution in [0.1, 0.15) is 29.6 Å². The lowest BCUT2D eigenvalue weighted by Gasteiger charge is -2.12. The van der Waals surface area contributed by atoms with Gasteiger partial charge in [0.1, 0.15) is 10.6 Å². The molecule has 0 aromatic heterocycles.